The van der Waals surface area contributed by atoms with Crippen LogP contribution in [0.3, 0.4) is 0 Å². The van der Waals surface area contributed by atoms with Crippen LogP contribution in [0.15, 0.2) is 47.4 Å². The third-order valence-electron chi connectivity index (χ3n) is 4.37. The highest BCUT2D eigenvalue weighted by molar-refractivity contribution is 7.89. The van der Waals surface area contributed by atoms with E-state index in [0.717, 1.165) is 11.0 Å². The van der Waals surface area contributed by atoms with Gasteiger partial charge in [0.05, 0.1) is 22.6 Å². The Hall–Kier alpha value is -2.42. The van der Waals surface area contributed by atoms with Gasteiger partial charge in [-0.15, -0.1) is 0 Å². The van der Waals surface area contributed by atoms with Gasteiger partial charge >= 0.3 is 0 Å². The van der Waals surface area contributed by atoms with E-state index in [1.807, 2.05) is 24.3 Å². The molecular weight excluding hydrogens is 400 g/mol. The first-order valence-corrected chi connectivity index (χ1v) is 10.7. The third-order valence-corrected chi connectivity index (χ3v) is 6.90. The lowest BCUT2D eigenvalue weighted by Gasteiger charge is -2.19. The molecule has 0 unspecified atom stereocenters. The number of amides is 1. The molecule has 148 valence electrons. The Labute approximate surface area is 168 Å². The Balaban J connectivity index is 1.80. The standard InChI is InChI=1S/C19H21ClN4O3S/c1-3-24(4-2)28(26,27)17-11-13(9-10-14(17)20)19(25)21-12-18-22-15-7-5-6-8-16(15)23-18/h5-11H,3-4,12H2,1-2H3,(H,21,25)(H,22,23). The van der Waals surface area contributed by atoms with E-state index in [9.17, 15) is 13.2 Å². The fraction of sp³-hybridized carbons (Fsp3) is 0.263. The van der Waals surface area contributed by atoms with E-state index in [4.69, 9.17) is 11.6 Å². The number of halogens is 1. The summed E-state index contributed by atoms with van der Waals surface area (Å²) in [5.41, 5.74) is 1.91. The van der Waals surface area contributed by atoms with Crippen molar-refractivity contribution in [2.75, 3.05) is 13.1 Å². The average molecular weight is 421 g/mol. The molecule has 0 radical (unpaired) electrons. The number of imidazole rings is 1. The number of nitrogens with one attached hydrogen (secondary N) is 2. The van der Waals surface area contributed by atoms with Gasteiger partial charge in [-0.2, -0.15) is 4.31 Å². The van der Waals surface area contributed by atoms with Crippen LogP contribution >= 0.6 is 11.6 Å². The lowest BCUT2D eigenvalue weighted by Crippen LogP contribution is -2.31. The van der Waals surface area contributed by atoms with E-state index >= 15 is 0 Å². The molecular formula is C19H21ClN4O3S. The normalized spacial score (nSPS) is 11.9. The zero-order valence-electron chi connectivity index (χ0n) is 15.6. The van der Waals surface area contributed by atoms with E-state index in [0.29, 0.717) is 18.9 Å². The molecule has 1 heterocycles. The average Bonchev–Trinajstić information content (AvgIpc) is 3.10. The predicted molar refractivity (Wildman–Crippen MR) is 109 cm³/mol. The Bertz CT molecular complexity index is 1070. The van der Waals surface area contributed by atoms with Gasteiger partial charge in [-0.3, -0.25) is 4.79 Å². The van der Waals surface area contributed by atoms with Crippen molar-refractivity contribution in [3.05, 3.63) is 58.9 Å². The number of aromatic amines is 1. The second-order valence-corrected chi connectivity index (χ2v) is 8.43. The smallest absolute Gasteiger partial charge is 0.251 e. The van der Waals surface area contributed by atoms with Crippen molar-refractivity contribution >= 4 is 38.6 Å². The van der Waals surface area contributed by atoms with Crippen molar-refractivity contribution in [3.63, 3.8) is 0 Å². The molecule has 28 heavy (non-hydrogen) atoms. The minimum atomic E-state index is -3.77. The first-order valence-electron chi connectivity index (χ1n) is 8.88. The Kier molecular flexibility index (Phi) is 6.02. The van der Waals surface area contributed by atoms with Crippen molar-refractivity contribution in [1.82, 2.24) is 19.6 Å². The third kappa shape index (κ3) is 4.04. The molecule has 2 aromatic carbocycles. The topological polar surface area (TPSA) is 95.2 Å². The lowest BCUT2D eigenvalue weighted by atomic mass is 10.2. The summed E-state index contributed by atoms with van der Waals surface area (Å²) in [6.45, 7) is 4.32. The molecule has 0 aliphatic carbocycles. The van der Waals surface area contributed by atoms with Crippen LogP contribution in [0.2, 0.25) is 5.02 Å². The van der Waals surface area contributed by atoms with Gasteiger partial charge in [0.2, 0.25) is 10.0 Å². The number of nitrogens with zero attached hydrogens (tertiary/aromatic N) is 2. The second kappa shape index (κ2) is 8.30. The van der Waals surface area contributed by atoms with Crippen molar-refractivity contribution < 1.29 is 13.2 Å². The molecule has 3 aromatic rings. The van der Waals surface area contributed by atoms with Gasteiger partial charge < -0.3 is 10.3 Å². The van der Waals surface area contributed by atoms with Crippen LogP contribution in [0.4, 0.5) is 0 Å². The maximum Gasteiger partial charge on any atom is 0.251 e. The summed E-state index contributed by atoms with van der Waals surface area (Å²) in [5.74, 6) is 0.201. The molecule has 0 atom stereocenters. The molecule has 0 aliphatic rings. The van der Waals surface area contributed by atoms with Crippen LogP contribution in [0.5, 0.6) is 0 Å². The minimum absolute atomic E-state index is 0.0748. The summed E-state index contributed by atoms with van der Waals surface area (Å²) < 4.78 is 26.8. The summed E-state index contributed by atoms with van der Waals surface area (Å²) in [7, 11) is -3.77. The SMILES string of the molecule is CCN(CC)S(=O)(=O)c1cc(C(=O)NCc2nc3ccccc3[nH]2)ccc1Cl. The molecule has 0 saturated heterocycles. The summed E-state index contributed by atoms with van der Waals surface area (Å²) in [4.78, 5) is 20.0. The summed E-state index contributed by atoms with van der Waals surface area (Å²) in [6.07, 6.45) is 0. The number of sulfonamides is 1. The number of hydrogen-bond acceptors (Lipinski definition) is 4. The molecule has 7 nitrogen and oxygen atoms in total. The number of rotatable bonds is 7. The number of carbonyl (C=O) groups excluding carboxylic acids is 1. The number of H-pyrrole nitrogens is 1. The molecule has 0 spiro atoms. The fourth-order valence-corrected chi connectivity index (χ4v) is 4.86. The maximum absolute atomic E-state index is 12.8. The maximum atomic E-state index is 12.8. The minimum Gasteiger partial charge on any atom is -0.345 e. The number of para-hydroxylation sites is 2. The molecule has 0 bridgehead atoms. The molecule has 1 aromatic heterocycles. The molecule has 0 fully saturated rings. The van der Waals surface area contributed by atoms with Gasteiger partial charge in [0, 0.05) is 18.7 Å². The highest BCUT2D eigenvalue weighted by Crippen LogP contribution is 2.26. The van der Waals surface area contributed by atoms with Crippen LogP contribution in [0.25, 0.3) is 11.0 Å². The number of fused-ring (bicyclic) bond motifs is 1. The first kappa shape index (κ1) is 20.3. The highest BCUT2D eigenvalue weighted by atomic mass is 35.5. The number of hydrogen-bond donors (Lipinski definition) is 2. The van der Waals surface area contributed by atoms with Crippen molar-refractivity contribution in [2.45, 2.75) is 25.3 Å². The summed E-state index contributed by atoms with van der Waals surface area (Å²) in [6, 6.07) is 11.8. The Morgan fingerprint density at radius 2 is 1.89 bits per heavy atom. The molecule has 9 heteroatoms. The summed E-state index contributed by atoms with van der Waals surface area (Å²) in [5, 5.41) is 2.83. The Morgan fingerprint density at radius 3 is 2.57 bits per heavy atom. The summed E-state index contributed by atoms with van der Waals surface area (Å²) >= 11 is 6.11. The zero-order valence-corrected chi connectivity index (χ0v) is 17.1. The van der Waals surface area contributed by atoms with Crippen LogP contribution in [0, 0.1) is 0 Å². The molecule has 2 N–H and O–H groups in total. The highest BCUT2D eigenvalue weighted by Gasteiger charge is 2.25. The predicted octanol–water partition coefficient (Wildman–Crippen LogP) is 3.18. The van der Waals surface area contributed by atoms with Crippen molar-refractivity contribution in [3.8, 4) is 0 Å². The van der Waals surface area contributed by atoms with Crippen LogP contribution in [0.1, 0.15) is 30.0 Å². The first-order chi connectivity index (χ1) is 13.4. The monoisotopic (exact) mass is 420 g/mol. The van der Waals surface area contributed by atoms with Gasteiger partial charge in [-0.1, -0.05) is 37.6 Å². The van der Waals surface area contributed by atoms with E-state index in [1.165, 1.54) is 22.5 Å². The van der Waals surface area contributed by atoms with Gasteiger partial charge in [0.25, 0.3) is 5.91 Å². The largest absolute Gasteiger partial charge is 0.345 e. The van der Waals surface area contributed by atoms with Gasteiger partial charge in [-0.05, 0) is 30.3 Å². The van der Waals surface area contributed by atoms with E-state index < -0.39 is 15.9 Å². The van der Waals surface area contributed by atoms with Gasteiger partial charge in [-0.25, -0.2) is 13.4 Å². The van der Waals surface area contributed by atoms with E-state index in [2.05, 4.69) is 15.3 Å². The molecule has 0 saturated carbocycles. The zero-order chi connectivity index (χ0) is 20.3. The Morgan fingerprint density at radius 1 is 1.18 bits per heavy atom. The number of benzene rings is 2. The second-order valence-electron chi connectivity index (χ2n) is 6.12. The van der Waals surface area contributed by atoms with E-state index in [-0.39, 0.29) is 22.0 Å². The van der Waals surface area contributed by atoms with Gasteiger partial charge in [0.1, 0.15) is 10.7 Å². The quantitative estimate of drug-likeness (QED) is 0.613. The number of carbonyl (C=O) groups is 1. The fourth-order valence-electron chi connectivity index (χ4n) is 2.90. The van der Waals surface area contributed by atoms with Gasteiger partial charge in [0.15, 0.2) is 0 Å². The number of aromatic nitrogens is 2. The van der Waals surface area contributed by atoms with Crippen molar-refractivity contribution in [2.24, 2.45) is 0 Å². The lowest BCUT2D eigenvalue weighted by molar-refractivity contribution is 0.0950. The van der Waals surface area contributed by atoms with E-state index in [1.54, 1.807) is 13.8 Å². The van der Waals surface area contributed by atoms with Crippen LogP contribution in [-0.2, 0) is 16.6 Å². The van der Waals surface area contributed by atoms with Crippen LogP contribution in [-0.4, -0.2) is 41.7 Å². The molecule has 1 amide bonds. The van der Waals surface area contributed by atoms with Crippen LogP contribution < -0.4 is 5.32 Å². The molecule has 0 aliphatic heterocycles. The molecule has 3 rings (SSSR count). The van der Waals surface area contributed by atoms with Crippen molar-refractivity contribution in [1.29, 1.82) is 0 Å².